The van der Waals surface area contributed by atoms with E-state index < -0.39 is 0 Å². The minimum atomic E-state index is -0.304. The number of imidazole rings is 1. The second kappa shape index (κ2) is 2.55. The monoisotopic (exact) mass is 227 g/mol. The zero-order chi connectivity index (χ0) is 8.72. The van der Waals surface area contributed by atoms with Crippen LogP contribution in [0.2, 0.25) is 0 Å². The quantitative estimate of drug-likeness (QED) is 0.676. The second-order valence-electron chi connectivity index (χ2n) is 2.51. The van der Waals surface area contributed by atoms with Crippen LogP contribution in [-0.4, -0.2) is 9.38 Å². The van der Waals surface area contributed by atoms with Gasteiger partial charge in [0.05, 0.1) is 16.4 Å². The molecule has 0 aliphatic heterocycles. The van der Waals surface area contributed by atoms with Crippen LogP contribution in [-0.2, 0) is 0 Å². The molecule has 61 valence electrons. The molecule has 0 spiro atoms. The molecule has 2 nitrogen and oxygen atoms in total. The van der Waals surface area contributed by atoms with E-state index in [0.717, 1.165) is 5.69 Å². The van der Waals surface area contributed by atoms with Gasteiger partial charge >= 0.3 is 0 Å². The summed E-state index contributed by atoms with van der Waals surface area (Å²) in [5, 5.41) is 0. The van der Waals surface area contributed by atoms with Gasteiger partial charge in [-0.3, -0.25) is 4.40 Å². The van der Waals surface area contributed by atoms with Crippen molar-refractivity contribution in [3.63, 3.8) is 0 Å². The smallest absolute Gasteiger partial charge is 0.142 e. The Kier molecular flexibility index (Phi) is 1.65. The Morgan fingerprint density at radius 3 is 3.17 bits per heavy atom. The highest BCUT2D eigenvalue weighted by Crippen LogP contribution is 2.16. The minimum Gasteiger partial charge on any atom is -0.297 e. The summed E-state index contributed by atoms with van der Waals surface area (Å²) < 4.78 is 15.0. The van der Waals surface area contributed by atoms with E-state index in [4.69, 9.17) is 0 Å². The first-order chi connectivity index (χ1) is 5.66. The average molecular weight is 228 g/mol. The first-order valence-electron chi connectivity index (χ1n) is 3.40. The third kappa shape index (κ3) is 1.12. The van der Waals surface area contributed by atoms with Gasteiger partial charge < -0.3 is 0 Å². The van der Waals surface area contributed by atoms with E-state index in [1.807, 2.05) is 6.92 Å². The maximum atomic E-state index is 12.9. The van der Waals surface area contributed by atoms with Crippen molar-refractivity contribution in [2.45, 2.75) is 6.92 Å². The average Bonchev–Trinajstić information content (AvgIpc) is 2.30. The van der Waals surface area contributed by atoms with E-state index in [2.05, 4.69) is 27.1 Å². The number of hydrogen-bond donors (Lipinski definition) is 0. The van der Waals surface area contributed by atoms with Crippen LogP contribution in [0.3, 0.4) is 0 Å². The number of aryl methyl sites for hydroxylation is 1. The lowest BCUT2D eigenvalue weighted by atomic mass is 10.4. The Bertz CT molecular complexity index is 397. The Morgan fingerprint density at radius 2 is 2.42 bits per heavy atom. The van der Waals surface area contributed by atoms with Gasteiger partial charge in [0.25, 0.3) is 0 Å². The molecule has 2 heterocycles. The lowest BCUT2D eigenvalue weighted by molar-refractivity contribution is 0.619. The molecule has 0 saturated heterocycles. The fourth-order valence-corrected chi connectivity index (χ4v) is 1.36. The molecular formula is C8H5BrFN2. The summed E-state index contributed by atoms with van der Waals surface area (Å²) in [6, 6.07) is 1.37. The number of hydrogen-bond acceptors (Lipinski definition) is 1. The number of aromatic nitrogens is 2. The molecular weight excluding hydrogens is 223 g/mol. The molecule has 2 aromatic heterocycles. The van der Waals surface area contributed by atoms with Gasteiger partial charge in [0, 0.05) is 12.3 Å². The molecule has 12 heavy (non-hydrogen) atoms. The summed E-state index contributed by atoms with van der Waals surface area (Å²) in [4.78, 5) is 4.06. The number of fused-ring (bicyclic) bond motifs is 1. The van der Waals surface area contributed by atoms with Crippen LogP contribution in [0.1, 0.15) is 5.69 Å². The topological polar surface area (TPSA) is 17.3 Å². The van der Waals surface area contributed by atoms with Gasteiger partial charge in [-0.15, -0.1) is 0 Å². The molecule has 4 heteroatoms. The molecule has 0 aromatic carbocycles. The third-order valence-corrected chi connectivity index (χ3v) is 2.12. The maximum Gasteiger partial charge on any atom is 0.142 e. The second-order valence-corrected chi connectivity index (χ2v) is 3.36. The van der Waals surface area contributed by atoms with Gasteiger partial charge in [0.1, 0.15) is 11.5 Å². The van der Waals surface area contributed by atoms with E-state index in [-0.39, 0.29) is 5.82 Å². The zero-order valence-electron chi connectivity index (χ0n) is 6.31. The Labute approximate surface area is 77.2 Å². The fraction of sp³-hybridized carbons (Fsp3) is 0.125. The fourth-order valence-electron chi connectivity index (χ4n) is 1.04. The number of nitrogens with zero attached hydrogens (tertiary/aromatic N) is 2. The molecule has 0 saturated carbocycles. The molecule has 0 unspecified atom stereocenters. The molecule has 1 radical (unpaired) electrons. The standard InChI is InChI=1S/C8H5BrFN2/c1-5-3-12-4-6(9)7(10)2-8(12)11-5/h2,4H,1H3. The normalized spacial score (nSPS) is 10.9. The highest BCUT2D eigenvalue weighted by atomic mass is 79.9. The Balaban J connectivity index is 2.83. The lowest BCUT2D eigenvalue weighted by Crippen LogP contribution is -1.86. The summed E-state index contributed by atoms with van der Waals surface area (Å²) in [5.41, 5.74) is 1.33. The molecule has 2 aromatic rings. The summed E-state index contributed by atoms with van der Waals surface area (Å²) in [6.07, 6.45) is 4.54. The van der Waals surface area contributed by atoms with Crippen molar-refractivity contribution in [1.82, 2.24) is 9.38 Å². The first-order valence-corrected chi connectivity index (χ1v) is 4.19. The molecule has 0 atom stereocenters. The van der Waals surface area contributed by atoms with Gasteiger partial charge in [-0.25, -0.2) is 9.37 Å². The van der Waals surface area contributed by atoms with Crippen LogP contribution in [0.4, 0.5) is 4.39 Å². The van der Waals surface area contributed by atoms with Crippen molar-refractivity contribution in [3.05, 3.63) is 34.4 Å². The molecule has 0 bridgehead atoms. The highest BCUT2D eigenvalue weighted by molar-refractivity contribution is 9.10. The van der Waals surface area contributed by atoms with Crippen LogP contribution in [0.25, 0.3) is 5.65 Å². The van der Waals surface area contributed by atoms with E-state index in [0.29, 0.717) is 10.1 Å². The number of halogens is 2. The summed E-state index contributed by atoms with van der Waals surface area (Å²) in [6.45, 7) is 1.82. The largest absolute Gasteiger partial charge is 0.297 e. The van der Waals surface area contributed by atoms with Crippen molar-refractivity contribution in [1.29, 1.82) is 0 Å². The third-order valence-electron chi connectivity index (χ3n) is 1.54. The Morgan fingerprint density at radius 1 is 1.67 bits per heavy atom. The summed E-state index contributed by atoms with van der Waals surface area (Å²) >= 11 is 3.08. The van der Waals surface area contributed by atoms with Crippen LogP contribution < -0.4 is 0 Å². The predicted octanol–water partition coefficient (Wildman–Crippen LogP) is 2.34. The number of rotatable bonds is 0. The highest BCUT2D eigenvalue weighted by Gasteiger charge is 2.03. The van der Waals surface area contributed by atoms with Gasteiger partial charge in [-0.1, -0.05) is 0 Å². The molecule has 0 fully saturated rings. The zero-order valence-corrected chi connectivity index (χ0v) is 7.89. The summed E-state index contributed by atoms with van der Waals surface area (Å²) in [7, 11) is 0. The molecule has 0 N–H and O–H groups in total. The van der Waals surface area contributed by atoms with Crippen LogP contribution in [0.5, 0.6) is 0 Å². The molecule has 0 amide bonds. The van der Waals surface area contributed by atoms with E-state index in [1.165, 1.54) is 6.07 Å². The van der Waals surface area contributed by atoms with Crippen LogP contribution >= 0.6 is 15.9 Å². The van der Waals surface area contributed by atoms with Gasteiger partial charge in [-0.2, -0.15) is 0 Å². The van der Waals surface area contributed by atoms with Gasteiger partial charge in [0.2, 0.25) is 0 Å². The van der Waals surface area contributed by atoms with Crippen LogP contribution in [0, 0.1) is 18.9 Å². The predicted molar refractivity (Wildman–Crippen MR) is 46.4 cm³/mol. The Hall–Kier alpha value is -0.900. The van der Waals surface area contributed by atoms with E-state index in [9.17, 15) is 4.39 Å². The summed E-state index contributed by atoms with van der Waals surface area (Å²) in [5.74, 6) is -0.304. The molecule has 0 aliphatic carbocycles. The molecule has 2 rings (SSSR count). The van der Waals surface area contributed by atoms with E-state index in [1.54, 1.807) is 10.6 Å². The van der Waals surface area contributed by atoms with Gasteiger partial charge in [0.15, 0.2) is 0 Å². The minimum absolute atomic E-state index is 0.304. The number of pyridine rings is 1. The van der Waals surface area contributed by atoms with Crippen molar-refractivity contribution in [3.8, 4) is 0 Å². The van der Waals surface area contributed by atoms with Gasteiger partial charge in [-0.05, 0) is 22.9 Å². The SMILES string of the molecule is Cc1[c]n2cc(Br)c(F)cc2n1. The first kappa shape index (κ1) is 7.73. The van der Waals surface area contributed by atoms with Crippen molar-refractivity contribution < 1.29 is 4.39 Å². The van der Waals surface area contributed by atoms with Crippen molar-refractivity contribution in [2.75, 3.05) is 0 Å². The van der Waals surface area contributed by atoms with Crippen molar-refractivity contribution in [2.24, 2.45) is 0 Å². The maximum absolute atomic E-state index is 12.9. The van der Waals surface area contributed by atoms with E-state index >= 15 is 0 Å². The molecule has 0 aliphatic rings. The van der Waals surface area contributed by atoms with Crippen LogP contribution in [0.15, 0.2) is 16.7 Å². The van der Waals surface area contributed by atoms with Crippen molar-refractivity contribution >= 4 is 21.6 Å². The lowest BCUT2D eigenvalue weighted by Gasteiger charge is -1.94.